The van der Waals surface area contributed by atoms with Crippen LogP contribution in [0.5, 0.6) is 0 Å². The molecule has 2 fully saturated rings. The molecule has 1 aromatic rings. The highest BCUT2D eigenvalue weighted by Gasteiger charge is 2.63. The Bertz CT molecular complexity index is 682. The van der Waals surface area contributed by atoms with E-state index in [9.17, 15) is 14.4 Å². The number of amides is 2. The Hall–Kier alpha value is -2.27. The number of carbonyl (C=O) groups excluding carboxylic acids is 3. The van der Waals surface area contributed by atoms with Gasteiger partial charge in [-0.15, -0.1) is 0 Å². The number of nitrogens with zero attached hydrogens (tertiary/aromatic N) is 2. The van der Waals surface area contributed by atoms with Crippen LogP contribution < -0.4 is 4.90 Å². The number of benzene rings is 1. The summed E-state index contributed by atoms with van der Waals surface area (Å²) in [6.07, 6.45) is 3.27. The van der Waals surface area contributed by atoms with Crippen LogP contribution in [0.2, 0.25) is 0 Å². The molecule has 2 bridgehead atoms. The Balaban J connectivity index is 1.80. The molecule has 106 valence electrons. The number of fused-ring (bicyclic) bond motifs is 5. The van der Waals surface area contributed by atoms with E-state index in [4.69, 9.17) is 0 Å². The van der Waals surface area contributed by atoms with Crippen molar-refractivity contribution in [3.05, 3.63) is 42.5 Å². The molecule has 2 saturated heterocycles. The van der Waals surface area contributed by atoms with Crippen LogP contribution in [0.1, 0.15) is 0 Å². The van der Waals surface area contributed by atoms with E-state index in [-0.39, 0.29) is 23.6 Å². The third-order valence-corrected chi connectivity index (χ3v) is 4.78. The van der Waals surface area contributed by atoms with E-state index in [2.05, 4.69) is 0 Å². The highest BCUT2D eigenvalue weighted by Crippen LogP contribution is 2.45. The van der Waals surface area contributed by atoms with Crippen LogP contribution in [-0.2, 0) is 14.4 Å². The zero-order valence-electron chi connectivity index (χ0n) is 11.5. The molecule has 5 nitrogen and oxygen atoms in total. The van der Waals surface area contributed by atoms with Gasteiger partial charge in [-0.3, -0.25) is 19.3 Å². The average Bonchev–Trinajstić information content (AvgIpc) is 2.83. The first-order chi connectivity index (χ1) is 10.1. The van der Waals surface area contributed by atoms with Crippen molar-refractivity contribution >= 4 is 23.3 Å². The van der Waals surface area contributed by atoms with Crippen molar-refractivity contribution < 1.29 is 14.4 Å². The summed E-state index contributed by atoms with van der Waals surface area (Å²) in [4.78, 5) is 40.6. The van der Waals surface area contributed by atoms with Crippen LogP contribution in [0.4, 0.5) is 5.69 Å². The molecule has 0 aliphatic carbocycles. The second-order valence-corrected chi connectivity index (χ2v) is 5.76. The van der Waals surface area contributed by atoms with Gasteiger partial charge < -0.3 is 0 Å². The molecule has 4 atom stereocenters. The van der Waals surface area contributed by atoms with E-state index in [0.29, 0.717) is 5.69 Å². The zero-order valence-corrected chi connectivity index (χ0v) is 11.5. The molecule has 1 aromatic carbocycles. The molecular formula is C16H14N2O3. The first-order valence-electron chi connectivity index (χ1n) is 6.98. The summed E-state index contributed by atoms with van der Waals surface area (Å²) in [7, 11) is 1.81. The lowest BCUT2D eigenvalue weighted by Crippen LogP contribution is -2.47. The lowest BCUT2D eigenvalue weighted by atomic mass is 9.90. The van der Waals surface area contributed by atoms with Crippen LogP contribution in [0, 0.1) is 11.8 Å². The number of hydrogen-bond acceptors (Lipinski definition) is 4. The molecule has 0 radical (unpaired) electrons. The first-order valence-corrected chi connectivity index (χ1v) is 6.98. The molecule has 3 heterocycles. The van der Waals surface area contributed by atoms with Gasteiger partial charge in [0.05, 0.1) is 23.6 Å². The van der Waals surface area contributed by atoms with Crippen molar-refractivity contribution in [1.29, 1.82) is 0 Å². The molecule has 3 aliphatic heterocycles. The molecule has 21 heavy (non-hydrogen) atoms. The number of imide groups is 1. The van der Waals surface area contributed by atoms with Crippen molar-refractivity contribution in [3.8, 4) is 0 Å². The fourth-order valence-corrected chi connectivity index (χ4v) is 3.85. The summed E-state index contributed by atoms with van der Waals surface area (Å²) in [5.41, 5.74) is 0.582. The SMILES string of the molecule is CN1[C@@H]2C(=O)C=C[C@H]1[C@@H]1C(=O)N(c3ccccc3)C(=O)[C@@H]12. The van der Waals surface area contributed by atoms with E-state index in [1.54, 1.807) is 30.3 Å². The second-order valence-electron chi connectivity index (χ2n) is 5.76. The summed E-state index contributed by atoms with van der Waals surface area (Å²) >= 11 is 0. The topological polar surface area (TPSA) is 57.7 Å². The standard InChI is InChI=1S/C16H14N2O3/c1-17-10-7-8-11(19)14(17)13-12(10)15(20)18(16(13)21)9-5-3-2-4-6-9/h2-8,10,12-14H,1H3/t10-,12-,13-,14+/m0/s1. The third-order valence-electron chi connectivity index (χ3n) is 4.78. The Morgan fingerprint density at radius 3 is 2.33 bits per heavy atom. The minimum atomic E-state index is -0.560. The van der Waals surface area contributed by atoms with Gasteiger partial charge in [0.25, 0.3) is 0 Å². The largest absolute Gasteiger partial charge is 0.293 e. The van der Waals surface area contributed by atoms with Gasteiger partial charge >= 0.3 is 0 Å². The van der Waals surface area contributed by atoms with Gasteiger partial charge in [-0.2, -0.15) is 0 Å². The highest BCUT2D eigenvalue weighted by molar-refractivity contribution is 6.24. The second kappa shape index (κ2) is 4.11. The molecule has 4 rings (SSSR count). The van der Waals surface area contributed by atoms with Gasteiger partial charge in [0.15, 0.2) is 5.78 Å². The number of rotatable bonds is 1. The predicted molar refractivity (Wildman–Crippen MR) is 75.4 cm³/mol. The molecule has 0 unspecified atom stereocenters. The van der Waals surface area contributed by atoms with Crippen LogP contribution in [0.3, 0.4) is 0 Å². The number of hydrogen-bond donors (Lipinski definition) is 0. The first kappa shape index (κ1) is 12.5. The van der Waals surface area contributed by atoms with Crippen LogP contribution >= 0.6 is 0 Å². The monoisotopic (exact) mass is 282 g/mol. The maximum absolute atomic E-state index is 12.7. The van der Waals surface area contributed by atoms with Crippen molar-refractivity contribution in [3.63, 3.8) is 0 Å². The van der Waals surface area contributed by atoms with E-state index in [1.807, 2.05) is 18.0 Å². The normalized spacial score (nSPS) is 34.7. The lowest BCUT2D eigenvalue weighted by Gasteiger charge is -2.29. The van der Waals surface area contributed by atoms with Gasteiger partial charge in [0.1, 0.15) is 0 Å². The average molecular weight is 282 g/mol. The van der Waals surface area contributed by atoms with Gasteiger partial charge in [0.2, 0.25) is 11.8 Å². The number of anilines is 1. The summed E-state index contributed by atoms with van der Waals surface area (Å²) in [6.45, 7) is 0. The summed E-state index contributed by atoms with van der Waals surface area (Å²) in [6, 6.07) is 8.24. The Morgan fingerprint density at radius 1 is 0.952 bits per heavy atom. The molecular weight excluding hydrogens is 268 g/mol. The van der Waals surface area contributed by atoms with Crippen molar-refractivity contribution in [1.82, 2.24) is 4.90 Å². The summed E-state index contributed by atoms with van der Waals surface area (Å²) in [5, 5.41) is 0. The molecule has 0 aromatic heterocycles. The molecule has 0 N–H and O–H groups in total. The Morgan fingerprint density at radius 2 is 1.62 bits per heavy atom. The quantitative estimate of drug-likeness (QED) is 0.708. The fraction of sp³-hybridized carbons (Fsp3) is 0.312. The van der Waals surface area contributed by atoms with Crippen molar-refractivity contribution in [2.75, 3.05) is 11.9 Å². The molecule has 0 saturated carbocycles. The smallest absolute Gasteiger partial charge is 0.239 e. The van der Waals surface area contributed by atoms with Crippen LogP contribution in [-0.4, -0.2) is 41.6 Å². The Kier molecular flexibility index (Phi) is 2.44. The van der Waals surface area contributed by atoms with E-state index < -0.39 is 17.9 Å². The van der Waals surface area contributed by atoms with Gasteiger partial charge in [-0.25, -0.2) is 4.90 Å². The van der Waals surface area contributed by atoms with Gasteiger partial charge in [-0.05, 0) is 25.3 Å². The summed E-state index contributed by atoms with van der Waals surface area (Å²) in [5.74, 6) is -1.55. The zero-order chi connectivity index (χ0) is 14.7. The summed E-state index contributed by atoms with van der Waals surface area (Å²) < 4.78 is 0. The number of para-hydroxylation sites is 1. The molecule has 5 heteroatoms. The van der Waals surface area contributed by atoms with Gasteiger partial charge in [0, 0.05) is 6.04 Å². The number of likely N-dealkylation sites (N-methyl/N-ethyl adjacent to an activating group) is 1. The number of ketones is 1. The van der Waals surface area contributed by atoms with Crippen molar-refractivity contribution in [2.24, 2.45) is 11.8 Å². The van der Waals surface area contributed by atoms with E-state index >= 15 is 0 Å². The van der Waals surface area contributed by atoms with Crippen LogP contribution in [0.25, 0.3) is 0 Å². The highest BCUT2D eigenvalue weighted by atomic mass is 16.2. The third kappa shape index (κ3) is 1.46. The maximum Gasteiger partial charge on any atom is 0.239 e. The van der Waals surface area contributed by atoms with Crippen LogP contribution in [0.15, 0.2) is 42.5 Å². The predicted octanol–water partition coefficient (Wildman–Crippen LogP) is 0.614. The number of carbonyl (C=O) groups is 3. The Labute approximate surface area is 121 Å². The fourth-order valence-electron chi connectivity index (χ4n) is 3.85. The van der Waals surface area contributed by atoms with E-state index in [1.165, 1.54) is 11.0 Å². The molecule has 2 amide bonds. The van der Waals surface area contributed by atoms with E-state index in [0.717, 1.165) is 0 Å². The lowest BCUT2D eigenvalue weighted by molar-refractivity contribution is -0.128. The molecule has 3 aliphatic rings. The molecule has 0 spiro atoms. The maximum atomic E-state index is 12.7. The minimum Gasteiger partial charge on any atom is -0.293 e. The van der Waals surface area contributed by atoms with Gasteiger partial charge in [-0.1, -0.05) is 24.3 Å². The minimum absolute atomic E-state index is 0.0858. The van der Waals surface area contributed by atoms with Crippen molar-refractivity contribution in [2.45, 2.75) is 12.1 Å².